The molecule has 1 fully saturated rings. The molecule has 23 heavy (non-hydrogen) atoms. The molecule has 6 heteroatoms. The van der Waals surface area contributed by atoms with Gasteiger partial charge in [-0.2, -0.15) is 5.10 Å². The number of halogens is 1. The molecule has 0 saturated heterocycles. The molecule has 1 aromatic heterocycles. The summed E-state index contributed by atoms with van der Waals surface area (Å²) in [5.74, 6) is -0.280. The first-order chi connectivity index (χ1) is 10.9. The first-order valence-electron chi connectivity index (χ1n) is 7.72. The monoisotopic (exact) mass is 317 g/mol. The highest BCUT2D eigenvalue weighted by molar-refractivity contribution is 5.20. The molecule has 0 aliphatic heterocycles. The van der Waals surface area contributed by atoms with E-state index in [4.69, 9.17) is 0 Å². The molecule has 0 bridgehead atoms. The molecule has 0 spiro atoms. The van der Waals surface area contributed by atoms with Crippen molar-refractivity contribution in [2.45, 2.75) is 43.9 Å². The molecule has 0 amide bonds. The first kappa shape index (κ1) is 15.8. The molecule has 3 rings (SSSR count). The highest BCUT2D eigenvalue weighted by Gasteiger charge is 2.42. The molecule has 2 aromatic rings. The zero-order valence-corrected chi connectivity index (χ0v) is 12.9. The van der Waals surface area contributed by atoms with Crippen LogP contribution in [0.1, 0.15) is 37.1 Å². The van der Waals surface area contributed by atoms with Crippen LogP contribution in [0, 0.1) is 5.82 Å². The summed E-state index contributed by atoms with van der Waals surface area (Å²) in [5, 5.41) is 20.3. The quantitative estimate of drug-likeness (QED) is 0.784. The number of benzene rings is 1. The average Bonchev–Trinajstić information content (AvgIpc) is 2.46. The number of rotatable bonds is 5. The van der Waals surface area contributed by atoms with Crippen LogP contribution in [0.5, 0.6) is 0 Å². The van der Waals surface area contributed by atoms with Gasteiger partial charge in [0.25, 0.3) is 5.56 Å². The second kappa shape index (κ2) is 6.22. The van der Waals surface area contributed by atoms with Crippen molar-refractivity contribution in [3.05, 3.63) is 63.8 Å². The van der Waals surface area contributed by atoms with E-state index in [1.807, 2.05) is 13.0 Å². The maximum Gasteiger partial charge on any atom is 0.264 e. The summed E-state index contributed by atoms with van der Waals surface area (Å²) in [4.78, 5) is 11.0. The van der Waals surface area contributed by atoms with Crippen LogP contribution in [0.25, 0.3) is 0 Å². The number of aromatic amines is 1. The number of H-pyrrole nitrogens is 1. The van der Waals surface area contributed by atoms with Crippen LogP contribution in [-0.4, -0.2) is 26.9 Å². The molecular formula is C17H20FN3O2. The van der Waals surface area contributed by atoms with Crippen molar-refractivity contribution in [2.75, 3.05) is 0 Å². The van der Waals surface area contributed by atoms with Gasteiger partial charge in [-0.15, -0.1) is 0 Å². The van der Waals surface area contributed by atoms with E-state index in [-0.39, 0.29) is 23.5 Å². The molecule has 1 aliphatic carbocycles. The fourth-order valence-electron chi connectivity index (χ4n) is 3.18. The fraction of sp³-hybridized carbons (Fsp3) is 0.412. The zero-order valence-electron chi connectivity index (χ0n) is 12.9. The van der Waals surface area contributed by atoms with Gasteiger partial charge in [-0.3, -0.25) is 4.79 Å². The third-order valence-corrected chi connectivity index (χ3v) is 4.30. The van der Waals surface area contributed by atoms with Crippen molar-refractivity contribution in [3.8, 4) is 0 Å². The van der Waals surface area contributed by atoms with Crippen LogP contribution in [0.2, 0.25) is 0 Å². The summed E-state index contributed by atoms with van der Waals surface area (Å²) in [6.45, 7) is 1.96. The Hall–Kier alpha value is -2.05. The molecule has 3 N–H and O–H groups in total. The van der Waals surface area contributed by atoms with Crippen molar-refractivity contribution in [3.63, 3.8) is 0 Å². The van der Waals surface area contributed by atoms with Gasteiger partial charge >= 0.3 is 0 Å². The van der Waals surface area contributed by atoms with Gasteiger partial charge in [-0.1, -0.05) is 12.1 Å². The molecule has 0 radical (unpaired) electrons. The van der Waals surface area contributed by atoms with Gasteiger partial charge in [0.05, 0.1) is 11.3 Å². The van der Waals surface area contributed by atoms with Gasteiger partial charge in [-0.25, -0.2) is 9.49 Å². The number of aromatic nitrogens is 2. The van der Waals surface area contributed by atoms with Crippen molar-refractivity contribution in [1.82, 2.24) is 15.5 Å². The van der Waals surface area contributed by atoms with Gasteiger partial charge in [0.2, 0.25) is 0 Å². The third kappa shape index (κ3) is 3.83. The standard InChI is InChI=1S/C17H20FN3O2/c1-11(15-5-6-16(22)21-20-15)19-14-9-17(23,10-14)8-12-3-2-4-13(18)7-12/h2-7,11,14,19,23H,8-10H2,1H3,(H,21,22). The van der Waals surface area contributed by atoms with E-state index in [2.05, 4.69) is 15.5 Å². The number of hydrogen-bond donors (Lipinski definition) is 3. The van der Waals surface area contributed by atoms with Crippen LogP contribution in [-0.2, 0) is 6.42 Å². The molecule has 1 aromatic carbocycles. The second-order valence-electron chi connectivity index (χ2n) is 6.37. The van der Waals surface area contributed by atoms with Gasteiger partial charge in [-0.05, 0) is 43.5 Å². The van der Waals surface area contributed by atoms with Crippen molar-refractivity contribution in [2.24, 2.45) is 0 Å². The summed E-state index contributed by atoms with van der Waals surface area (Å²) in [7, 11) is 0. The lowest BCUT2D eigenvalue weighted by Crippen LogP contribution is -2.55. The first-order valence-corrected chi connectivity index (χ1v) is 7.72. The smallest absolute Gasteiger partial charge is 0.264 e. The molecule has 5 nitrogen and oxygen atoms in total. The summed E-state index contributed by atoms with van der Waals surface area (Å²) in [5.41, 5.74) is 0.546. The van der Waals surface area contributed by atoms with Crippen LogP contribution < -0.4 is 10.9 Å². The van der Waals surface area contributed by atoms with Crippen molar-refractivity contribution < 1.29 is 9.50 Å². The highest BCUT2D eigenvalue weighted by Crippen LogP contribution is 2.36. The minimum absolute atomic E-state index is 0.0180. The molecule has 1 heterocycles. The fourth-order valence-corrected chi connectivity index (χ4v) is 3.18. The average molecular weight is 317 g/mol. The lowest BCUT2D eigenvalue weighted by atomic mass is 9.72. The number of hydrogen-bond acceptors (Lipinski definition) is 4. The Labute approximate surface area is 133 Å². The summed E-state index contributed by atoms with van der Waals surface area (Å²) < 4.78 is 13.2. The number of nitrogens with zero attached hydrogens (tertiary/aromatic N) is 1. The minimum Gasteiger partial charge on any atom is -0.389 e. The molecule has 122 valence electrons. The normalized spacial score (nSPS) is 24.9. The Kier molecular flexibility index (Phi) is 4.28. The summed E-state index contributed by atoms with van der Waals surface area (Å²) >= 11 is 0. The Morgan fingerprint density at radius 2 is 2.22 bits per heavy atom. The predicted molar refractivity (Wildman–Crippen MR) is 84.5 cm³/mol. The zero-order chi connectivity index (χ0) is 16.4. The lowest BCUT2D eigenvalue weighted by Gasteiger charge is -2.45. The SMILES string of the molecule is CC(NC1CC(O)(Cc2cccc(F)c2)C1)c1ccc(=O)[nH]n1. The summed E-state index contributed by atoms with van der Waals surface area (Å²) in [6, 6.07) is 9.65. The number of aliphatic hydroxyl groups is 1. The van der Waals surface area contributed by atoms with E-state index in [0.29, 0.717) is 19.3 Å². The van der Waals surface area contributed by atoms with Gasteiger partial charge < -0.3 is 10.4 Å². The Balaban J connectivity index is 1.53. The van der Waals surface area contributed by atoms with Crippen LogP contribution in [0.4, 0.5) is 4.39 Å². The molecule has 1 saturated carbocycles. The highest BCUT2D eigenvalue weighted by atomic mass is 19.1. The molecule has 1 aliphatic rings. The van der Waals surface area contributed by atoms with E-state index in [1.165, 1.54) is 18.2 Å². The van der Waals surface area contributed by atoms with Gasteiger partial charge in [0, 0.05) is 24.6 Å². The summed E-state index contributed by atoms with van der Waals surface area (Å²) in [6.07, 6.45) is 1.67. The topological polar surface area (TPSA) is 78.0 Å². The maximum atomic E-state index is 13.2. The molecular weight excluding hydrogens is 297 g/mol. The van der Waals surface area contributed by atoms with Crippen LogP contribution >= 0.6 is 0 Å². The minimum atomic E-state index is -0.788. The van der Waals surface area contributed by atoms with E-state index < -0.39 is 5.60 Å². The predicted octanol–water partition coefficient (Wildman–Crippen LogP) is 1.70. The molecule has 1 atom stereocenters. The maximum absolute atomic E-state index is 13.2. The Bertz CT molecular complexity index is 720. The van der Waals surface area contributed by atoms with E-state index in [9.17, 15) is 14.3 Å². The Morgan fingerprint density at radius 1 is 1.43 bits per heavy atom. The lowest BCUT2D eigenvalue weighted by molar-refractivity contribution is -0.0573. The van der Waals surface area contributed by atoms with E-state index >= 15 is 0 Å². The van der Waals surface area contributed by atoms with E-state index in [1.54, 1.807) is 12.1 Å². The van der Waals surface area contributed by atoms with Crippen molar-refractivity contribution in [1.29, 1.82) is 0 Å². The van der Waals surface area contributed by atoms with Gasteiger partial charge in [0.15, 0.2) is 0 Å². The largest absolute Gasteiger partial charge is 0.389 e. The van der Waals surface area contributed by atoms with Crippen LogP contribution in [0.15, 0.2) is 41.2 Å². The Morgan fingerprint density at radius 3 is 2.87 bits per heavy atom. The van der Waals surface area contributed by atoms with Gasteiger partial charge in [0.1, 0.15) is 5.82 Å². The number of nitrogens with one attached hydrogen (secondary N) is 2. The third-order valence-electron chi connectivity index (χ3n) is 4.30. The van der Waals surface area contributed by atoms with E-state index in [0.717, 1.165) is 11.3 Å². The second-order valence-corrected chi connectivity index (χ2v) is 6.37. The van der Waals surface area contributed by atoms with Crippen LogP contribution in [0.3, 0.4) is 0 Å². The van der Waals surface area contributed by atoms with Crippen molar-refractivity contribution >= 4 is 0 Å². The molecule has 1 unspecified atom stereocenters.